The highest BCUT2D eigenvalue weighted by Gasteiger charge is 2.28. The first-order valence-electron chi connectivity index (χ1n) is 7.78. The summed E-state index contributed by atoms with van der Waals surface area (Å²) < 4.78 is 24.5. The van der Waals surface area contributed by atoms with E-state index in [-0.39, 0.29) is 11.8 Å². The smallest absolute Gasteiger partial charge is 0.227 e. The number of imidazole rings is 1. The summed E-state index contributed by atoms with van der Waals surface area (Å²) in [6.45, 7) is 0.788. The topological polar surface area (TPSA) is 95.2 Å². The molecule has 0 bridgehead atoms. The minimum absolute atomic E-state index is 0.0649. The van der Waals surface area contributed by atoms with Crippen molar-refractivity contribution in [3.8, 4) is 11.3 Å². The van der Waals surface area contributed by atoms with Crippen molar-refractivity contribution in [2.24, 2.45) is 5.92 Å². The van der Waals surface area contributed by atoms with Gasteiger partial charge in [0, 0.05) is 30.3 Å². The standard InChI is InChI=1S/C16H20N4O3S/c1-24(22,23)20-7-5-12(6-8-20)16(21)19-14-4-2-3-13(9-14)15-10-17-11-18-15/h2-4,9-12H,5-8H2,1H3,(H,17,18)(H,19,21). The van der Waals surface area contributed by atoms with Crippen molar-refractivity contribution < 1.29 is 13.2 Å². The third kappa shape index (κ3) is 3.82. The van der Waals surface area contributed by atoms with Gasteiger partial charge < -0.3 is 10.3 Å². The van der Waals surface area contributed by atoms with E-state index in [1.807, 2.05) is 24.3 Å². The molecule has 8 heteroatoms. The maximum atomic E-state index is 12.4. The molecule has 1 amide bonds. The highest BCUT2D eigenvalue weighted by molar-refractivity contribution is 7.88. The predicted octanol–water partition coefficient (Wildman–Crippen LogP) is 1.69. The van der Waals surface area contributed by atoms with E-state index in [0.29, 0.717) is 25.9 Å². The van der Waals surface area contributed by atoms with E-state index in [4.69, 9.17) is 0 Å². The van der Waals surface area contributed by atoms with Gasteiger partial charge in [0.2, 0.25) is 15.9 Å². The van der Waals surface area contributed by atoms with E-state index in [2.05, 4.69) is 15.3 Å². The molecular formula is C16H20N4O3S. The summed E-state index contributed by atoms with van der Waals surface area (Å²) in [6.07, 6.45) is 5.62. The van der Waals surface area contributed by atoms with Crippen molar-refractivity contribution in [2.75, 3.05) is 24.7 Å². The van der Waals surface area contributed by atoms with Crippen LogP contribution in [0.3, 0.4) is 0 Å². The number of hydrogen-bond acceptors (Lipinski definition) is 4. The van der Waals surface area contributed by atoms with Crippen molar-refractivity contribution in [1.29, 1.82) is 0 Å². The lowest BCUT2D eigenvalue weighted by Crippen LogP contribution is -2.40. The summed E-state index contributed by atoms with van der Waals surface area (Å²) in [5.41, 5.74) is 2.54. The second-order valence-electron chi connectivity index (χ2n) is 5.97. The number of carbonyl (C=O) groups is 1. The van der Waals surface area contributed by atoms with Crippen LogP contribution in [-0.4, -0.2) is 47.9 Å². The average molecular weight is 348 g/mol. The van der Waals surface area contributed by atoms with Gasteiger partial charge in [0.1, 0.15) is 0 Å². The Kier molecular flexibility index (Phi) is 4.68. The Hall–Kier alpha value is -2.19. The summed E-state index contributed by atoms with van der Waals surface area (Å²) in [4.78, 5) is 19.4. The lowest BCUT2D eigenvalue weighted by molar-refractivity contribution is -0.120. The van der Waals surface area contributed by atoms with Crippen LogP contribution < -0.4 is 5.32 Å². The summed E-state index contributed by atoms with van der Waals surface area (Å²) in [7, 11) is -3.17. The van der Waals surface area contributed by atoms with Crippen molar-refractivity contribution in [1.82, 2.24) is 14.3 Å². The second kappa shape index (κ2) is 6.74. The number of aromatic nitrogens is 2. The molecule has 2 N–H and O–H groups in total. The number of carbonyl (C=O) groups excluding carboxylic acids is 1. The van der Waals surface area contributed by atoms with E-state index in [1.54, 1.807) is 12.5 Å². The van der Waals surface area contributed by atoms with Gasteiger partial charge in [-0.05, 0) is 25.0 Å². The maximum absolute atomic E-state index is 12.4. The molecule has 1 aliphatic heterocycles. The molecule has 2 aromatic rings. The zero-order valence-corrected chi connectivity index (χ0v) is 14.2. The SMILES string of the molecule is CS(=O)(=O)N1CCC(C(=O)Nc2cccc(-c3cnc[nH]3)c2)CC1. The zero-order chi connectivity index (χ0) is 17.2. The van der Waals surface area contributed by atoms with Crippen LogP contribution in [0.2, 0.25) is 0 Å². The van der Waals surface area contributed by atoms with Crippen molar-refractivity contribution >= 4 is 21.6 Å². The van der Waals surface area contributed by atoms with Gasteiger partial charge in [-0.1, -0.05) is 12.1 Å². The molecule has 1 aliphatic rings. The molecule has 3 rings (SSSR count). The molecule has 1 saturated heterocycles. The molecule has 0 radical (unpaired) electrons. The Morgan fingerprint density at radius 3 is 2.71 bits per heavy atom. The number of aromatic amines is 1. The number of anilines is 1. The van der Waals surface area contributed by atoms with E-state index >= 15 is 0 Å². The minimum atomic E-state index is -3.17. The number of rotatable bonds is 4. The van der Waals surface area contributed by atoms with Crippen molar-refractivity contribution in [3.05, 3.63) is 36.8 Å². The molecule has 7 nitrogen and oxygen atoms in total. The number of piperidine rings is 1. The first kappa shape index (κ1) is 16.7. The van der Waals surface area contributed by atoms with Crippen LogP contribution in [0.1, 0.15) is 12.8 Å². The Bertz CT molecular complexity index is 810. The van der Waals surface area contributed by atoms with E-state index in [0.717, 1.165) is 16.9 Å². The normalized spacial score (nSPS) is 16.9. The number of H-pyrrole nitrogens is 1. The monoisotopic (exact) mass is 348 g/mol. The number of sulfonamides is 1. The molecule has 0 aliphatic carbocycles. The van der Waals surface area contributed by atoms with E-state index in [1.165, 1.54) is 10.6 Å². The van der Waals surface area contributed by atoms with Gasteiger partial charge in [-0.15, -0.1) is 0 Å². The molecule has 0 atom stereocenters. The highest BCUT2D eigenvalue weighted by Crippen LogP contribution is 2.23. The number of nitrogens with zero attached hydrogens (tertiary/aromatic N) is 2. The summed E-state index contributed by atoms with van der Waals surface area (Å²) in [5, 5.41) is 2.93. The quantitative estimate of drug-likeness (QED) is 0.879. The molecule has 24 heavy (non-hydrogen) atoms. The molecule has 2 heterocycles. The number of nitrogens with one attached hydrogen (secondary N) is 2. The van der Waals surface area contributed by atoms with Gasteiger partial charge >= 0.3 is 0 Å². The van der Waals surface area contributed by atoms with Crippen LogP contribution in [0.5, 0.6) is 0 Å². The van der Waals surface area contributed by atoms with E-state index in [9.17, 15) is 13.2 Å². The summed E-state index contributed by atoms with van der Waals surface area (Å²) >= 11 is 0. The fourth-order valence-corrected chi connectivity index (χ4v) is 3.75. The lowest BCUT2D eigenvalue weighted by atomic mass is 9.97. The molecule has 1 aromatic heterocycles. The molecule has 0 spiro atoms. The molecule has 1 fully saturated rings. The van der Waals surface area contributed by atoms with Crippen LogP contribution in [-0.2, 0) is 14.8 Å². The van der Waals surface area contributed by atoms with Crippen LogP contribution in [0.25, 0.3) is 11.3 Å². The van der Waals surface area contributed by atoms with Crippen LogP contribution in [0, 0.1) is 5.92 Å². The molecular weight excluding hydrogens is 328 g/mol. The predicted molar refractivity (Wildman–Crippen MR) is 91.8 cm³/mol. The van der Waals surface area contributed by atoms with Crippen molar-refractivity contribution in [2.45, 2.75) is 12.8 Å². The van der Waals surface area contributed by atoms with Crippen LogP contribution in [0.4, 0.5) is 5.69 Å². The number of amides is 1. The highest BCUT2D eigenvalue weighted by atomic mass is 32.2. The second-order valence-corrected chi connectivity index (χ2v) is 7.95. The fraction of sp³-hybridized carbons (Fsp3) is 0.375. The molecule has 0 unspecified atom stereocenters. The Morgan fingerprint density at radius 1 is 1.33 bits per heavy atom. The van der Waals surface area contributed by atoms with Crippen LogP contribution in [0.15, 0.2) is 36.8 Å². The maximum Gasteiger partial charge on any atom is 0.227 e. The molecule has 1 aromatic carbocycles. The lowest BCUT2D eigenvalue weighted by Gasteiger charge is -2.29. The first-order chi connectivity index (χ1) is 11.4. The van der Waals surface area contributed by atoms with Gasteiger partial charge in [-0.2, -0.15) is 0 Å². The van der Waals surface area contributed by atoms with Gasteiger partial charge in [-0.25, -0.2) is 17.7 Å². The van der Waals surface area contributed by atoms with Crippen molar-refractivity contribution in [3.63, 3.8) is 0 Å². The van der Waals surface area contributed by atoms with Crippen LogP contribution >= 0.6 is 0 Å². The number of hydrogen-bond donors (Lipinski definition) is 2. The first-order valence-corrected chi connectivity index (χ1v) is 9.63. The summed E-state index contributed by atoms with van der Waals surface area (Å²) in [5.74, 6) is -0.233. The largest absolute Gasteiger partial charge is 0.345 e. The Labute approximate surface area is 141 Å². The Balaban J connectivity index is 1.63. The fourth-order valence-electron chi connectivity index (χ4n) is 2.87. The average Bonchev–Trinajstić information content (AvgIpc) is 3.09. The third-order valence-corrected chi connectivity index (χ3v) is 5.54. The zero-order valence-electron chi connectivity index (χ0n) is 13.4. The summed E-state index contributed by atoms with van der Waals surface area (Å²) in [6, 6.07) is 7.53. The van der Waals surface area contributed by atoms with Gasteiger partial charge in [0.25, 0.3) is 0 Å². The Morgan fingerprint density at radius 2 is 2.08 bits per heavy atom. The van der Waals surface area contributed by atoms with Gasteiger partial charge in [-0.3, -0.25) is 4.79 Å². The number of benzene rings is 1. The molecule has 0 saturated carbocycles. The van der Waals surface area contributed by atoms with Gasteiger partial charge in [0.05, 0.1) is 24.5 Å². The minimum Gasteiger partial charge on any atom is -0.345 e. The van der Waals surface area contributed by atoms with Gasteiger partial charge in [0.15, 0.2) is 0 Å². The molecule has 128 valence electrons. The van der Waals surface area contributed by atoms with E-state index < -0.39 is 10.0 Å². The third-order valence-electron chi connectivity index (χ3n) is 4.23.